The van der Waals surface area contributed by atoms with Gasteiger partial charge in [-0.15, -0.1) is 0 Å². The molecule has 1 aliphatic heterocycles. The van der Waals surface area contributed by atoms with E-state index in [1.54, 1.807) is 0 Å². The third-order valence-corrected chi connectivity index (χ3v) is 2.02. The van der Waals surface area contributed by atoms with Crippen LogP contribution in [0, 0.1) is 0 Å². The van der Waals surface area contributed by atoms with E-state index in [0.29, 0.717) is 0 Å². The van der Waals surface area contributed by atoms with Gasteiger partial charge in [-0.3, -0.25) is 0 Å². The predicted molar refractivity (Wildman–Crippen MR) is 37.1 cm³/mol. The van der Waals surface area contributed by atoms with Crippen molar-refractivity contribution >= 4 is 0 Å². The van der Waals surface area contributed by atoms with E-state index in [2.05, 4.69) is 4.74 Å². The van der Waals surface area contributed by atoms with Gasteiger partial charge in [0.1, 0.15) is 18.3 Å². The van der Waals surface area contributed by atoms with Crippen LogP contribution in [0.2, 0.25) is 0 Å². The highest BCUT2D eigenvalue weighted by atomic mass is 16.7. The van der Waals surface area contributed by atoms with E-state index in [9.17, 15) is 5.11 Å². The van der Waals surface area contributed by atoms with Gasteiger partial charge in [-0.05, 0) is 0 Å². The maximum absolute atomic E-state index is 9.27. The average molecular weight is 196 g/mol. The van der Waals surface area contributed by atoms with E-state index in [0.717, 1.165) is 0 Å². The van der Waals surface area contributed by atoms with E-state index in [4.69, 9.17) is 25.5 Å². The van der Waals surface area contributed by atoms with Crippen molar-refractivity contribution in [1.82, 2.24) is 0 Å². The smallest absolute Gasteiger partial charge is 0.247 e. The molecule has 78 valence electrons. The van der Waals surface area contributed by atoms with Crippen molar-refractivity contribution in [3.8, 4) is 0 Å². The summed E-state index contributed by atoms with van der Waals surface area (Å²) in [7, 11) is 0. The lowest BCUT2D eigenvalue weighted by Crippen LogP contribution is -2.52. The lowest BCUT2D eigenvalue weighted by atomic mass is 10.1. The molecule has 0 bridgehead atoms. The molecule has 0 aromatic heterocycles. The summed E-state index contributed by atoms with van der Waals surface area (Å²) in [6, 6.07) is 0. The van der Waals surface area contributed by atoms with Crippen LogP contribution in [0.15, 0.2) is 0 Å². The average Bonchev–Trinajstić information content (AvgIpc) is 2.31. The quantitative estimate of drug-likeness (QED) is 0.249. The minimum absolute atomic E-state index is 0.646. The third-order valence-electron chi connectivity index (χ3n) is 2.02. The van der Waals surface area contributed by atoms with Crippen LogP contribution in [0.1, 0.15) is 0 Å². The van der Waals surface area contributed by atoms with Crippen molar-refractivity contribution < 1.29 is 35.4 Å². The Kier molecular flexibility index (Phi) is 2.88. The van der Waals surface area contributed by atoms with Gasteiger partial charge >= 0.3 is 0 Å². The highest BCUT2D eigenvalue weighted by Gasteiger charge is 2.57. The first-order chi connectivity index (χ1) is 5.93. The maximum Gasteiger partial charge on any atom is 0.247 e. The molecule has 1 aliphatic rings. The first-order valence-corrected chi connectivity index (χ1v) is 3.66. The Labute approximate surface area is 73.4 Å². The van der Waals surface area contributed by atoms with Crippen molar-refractivity contribution in [1.29, 1.82) is 0 Å². The van der Waals surface area contributed by atoms with Crippen LogP contribution >= 0.6 is 0 Å². The fraction of sp³-hybridized carbons (Fsp3) is 1.00. The Balaban J connectivity index is 2.81. The fourth-order valence-electron chi connectivity index (χ4n) is 1.19. The molecule has 0 aromatic rings. The zero-order chi connectivity index (χ0) is 10.2. The summed E-state index contributed by atoms with van der Waals surface area (Å²) < 4.78 is 4.49. The van der Waals surface area contributed by atoms with Crippen LogP contribution < -0.4 is 0 Å². The van der Waals surface area contributed by atoms with Gasteiger partial charge in [0.2, 0.25) is 12.1 Å². The topological polar surface area (TPSA) is 131 Å². The highest BCUT2D eigenvalue weighted by Crippen LogP contribution is 2.30. The summed E-state index contributed by atoms with van der Waals surface area (Å²) in [5.74, 6) is -2.65. The van der Waals surface area contributed by atoms with E-state index >= 15 is 0 Å². The molecule has 0 amide bonds. The Bertz CT molecular complexity index is 184. The monoisotopic (exact) mass is 196 g/mol. The molecule has 0 radical (unpaired) electrons. The van der Waals surface area contributed by atoms with Crippen LogP contribution in [0.25, 0.3) is 0 Å². The molecule has 7 nitrogen and oxygen atoms in total. The van der Waals surface area contributed by atoms with E-state index < -0.39 is 37.0 Å². The van der Waals surface area contributed by atoms with Gasteiger partial charge in [0.15, 0.2) is 0 Å². The zero-order valence-electron chi connectivity index (χ0n) is 6.61. The number of rotatable bonds is 2. The normalized spacial score (nSPS) is 45.9. The molecule has 7 heteroatoms. The second-order valence-corrected chi connectivity index (χ2v) is 2.90. The van der Waals surface area contributed by atoms with Gasteiger partial charge in [0, 0.05) is 0 Å². The van der Waals surface area contributed by atoms with Crippen molar-refractivity contribution in [2.24, 2.45) is 0 Å². The Morgan fingerprint density at radius 3 is 2.08 bits per heavy atom. The van der Waals surface area contributed by atoms with Crippen LogP contribution in [-0.4, -0.2) is 67.6 Å². The summed E-state index contributed by atoms with van der Waals surface area (Å²) in [4.78, 5) is 0. The van der Waals surface area contributed by atoms with Gasteiger partial charge in [-0.1, -0.05) is 0 Å². The summed E-state index contributed by atoms with van der Waals surface area (Å²) >= 11 is 0. The highest BCUT2D eigenvalue weighted by molar-refractivity contribution is 4.96. The second-order valence-electron chi connectivity index (χ2n) is 2.90. The summed E-state index contributed by atoms with van der Waals surface area (Å²) in [5.41, 5.74) is 0. The Morgan fingerprint density at radius 2 is 1.85 bits per heavy atom. The number of aliphatic hydroxyl groups is 6. The van der Waals surface area contributed by atoms with Crippen molar-refractivity contribution in [3.63, 3.8) is 0 Å². The van der Waals surface area contributed by atoms with Crippen LogP contribution in [0.5, 0.6) is 0 Å². The number of hydrogen-bond acceptors (Lipinski definition) is 7. The first-order valence-electron chi connectivity index (χ1n) is 3.66. The molecule has 1 saturated heterocycles. The molecule has 4 atom stereocenters. The minimum Gasteiger partial charge on any atom is -0.394 e. The Hall–Kier alpha value is -0.280. The summed E-state index contributed by atoms with van der Waals surface area (Å²) in [5, 5.41) is 53.4. The fourth-order valence-corrected chi connectivity index (χ4v) is 1.19. The van der Waals surface area contributed by atoms with Crippen molar-refractivity contribution in [2.75, 3.05) is 6.61 Å². The zero-order valence-corrected chi connectivity index (χ0v) is 6.61. The minimum atomic E-state index is -2.65. The molecule has 0 saturated carbocycles. The molecule has 13 heavy (non-hydrogen) atoms. The predicted octanol–water partition coefficient (Wildman–Crippen LogP) is -3.90. The van der Waals surface area contributed by atoms with Crippen LogP contribution in [0.4, 0.5) is 0 Å². The molecule has 0 spiro atoms. The van der Waals surface area contributed by atoms with E-state index in [1.165, 1.54) is 0 Å². The van der Waals surface area contributed by atoms with Gasteiger partial charge in [0.25, 0.3) is 0 Å². The molecule has 0 aliphatic carbocycles. The maximum atomic E-state index is 9.27. The van der Waals surface area contributed by atoms with Gasteiger partial charge < -0.3 is 35.4 Å². The number of hydrogen-bond donors (Lipinski definition) is 6. The number of ether oxygens (including phenoxy) is 1. The standard InChI is InChI=1S/C6H12O7/c7-1-2-3(8)4(9)6(12,13-2)5(10)11/h2-5,7-12H,1H2/t2-,3+,4-,6?/m0/s1. The van der Waals surface area contributed by atoms with Crippen LogP contribution in [-0.2, 0) is 4.74 Å². The third kappa shape index (κ3) is 1.55. The van der Waals surface area contributed by atoms with Crippen molar-refractivity contribution in [2.45, 2.75) is 30.4 Å². The molecule has 6 N–H and O–H groups in total. The van der Waals surface area contributed by atoms with E-state index in [1.807, 2.05) is 0 Å². The molecule has 0 aromatic carbocycles. The Morgan fingerprint density at radius 1 is 1.31 bits per heavy atom. The lowest BCUT2D eigenvalue weighted by molar-refractivity contribution is -0.327. The molecule has 1 unspecified atom stereocenters. The SMILES string of the molecule is OC[C@@H]1OC(O)(C(O)O)[C@@H](O)[C@@H]1O. The van der Waals surface area contributed by atoms with Gasteiger partial charge in [-0.2, -0.15) is 0 Å². The number of aliphatic hydroxyl groups excluding tert-OH is 4. The van der Waals surface area contributed by atoms with Gasteiger partial charge in [0.05, 0.1) is 6.61 Å². The second kappa shape index (κ2) is 3.46. The molecular formula is C6H12O7. The molecule has 1 rings (SSSR count). The van der Waals surface area contributed by atoms with Crippen LogP contribution in [0.3, 0.4) is 0 Å². The summed E-state index contributed by atoms with van der Waals surface area (Å²) in [6.07, 6.45) is -7.02. The molecular weight excluding hydrogens is 184 g/mol. The van der Waals surface area contributed by atoms with E-state index in [-0.39, 0.29) is 0 Å². The molecule has 1 fully saturated rings. The van der Waals surface area contributed by atoms with Gasteiger partial charge in [-0.25, -0.2) is 0 Å². The first kappa shape index (κ1) is 10.8. The van der Waals surface area contributed by atoms with Crippen molar-refractivity contribution in [3.05, 3.63) is 0 Å². The molecule has 1 heterocycles. The lowest BCUT2D eigenvalue weighted by Gasteiger charge is -2.27. The largest absolute Gasteiger partial charge is 0.394 e. The summed E-state index contributed by atoms with van der Waals surface area (Å²) in [6.45, 7) is -0.646.